The smallest absolute Gasteiger partial charge is 0.211 e. The molecule has 0 aromatic rings. The molecule has 0 N–H and O–H groups in total. The lowest BCUT2D eigenvalue weighted by atomic mass is 9.75. The molecule has 0 amide bonds. The minimum Gasteiger partial charge on any atom is -0.211 e. The molecule has 0 aromatic carbocycles. The van der Waals surface area contributed by atoms with E-state index in [1.807, 2.05) is 0 Å². The summed E-state index contributed by atoms with van der Waals surface area (Å²) in [4.78, 5) is 0. The van der Waals surface area contributed by atoms with Crippen LogP contribution >= 0.6 is 0 Å². The number of hydrogen-bond donors (Lipinski definition) is 0. The number of fused-ring (bicyclic) bond motifs is 5. The average molecular weight is 200 g/mol. The van der Waals surface area contributed by atoms with Crippen molar-refractivity contribution in [3.05, 3.63) is 0 Å². The molecule has 2 heteroatoms. The molecule has 5 unspecified atom stereocenters. The van der Waals surface area contributed by atoms with Gasteiger partial charge in [0, 0.05) is 6.42 Å². The first-order valence-corrected chi connectivity index (χ1v) is 6.04. The fourth-order valence-electron chi connectivity index (χ4n) is 4.71. The number of alkyl halides is 2. The monoisotopic (exact) mass is 200 g/mol. The summed E-state index contributed by atoms with van der Waals surface area (Å²) in [6.07, 6.45) is 4.62. The standard InChI is InChI=1S/C12H18F2/c13-12(14)6-8-4-7-5-11(8)10-3-1-2-9(7)10/h7-12H,1-6H2. The summed E-state index contributed by atoms with van der Waals surface area (Å²) in [6, 6.07) is 0. The molecule has 0 aromatic heterocycles. The van der Waals surface area contributed by atoms with Gasteiger partial charge < -0.3 is 0 Å². The van der Waals surface area contributed by atoms with Gasteiger partial charge in [-0.1, -0.05) is 6.42 Å². The maximum Gasteiger partial charge on any atom is 0.238 e. The molecule has 2 bridgehead atoms. The van der Waals surface area contributed by atoms with Crippen LogP contribution in [-0.4, -0.2) is 6.43 Å². The van der Waals surface area contributed by atoms with Gasteiger partial charge >= 0.3 is 0 Å². The Morgan fingerprint density at radius 2 is 1.79 bits per heavy atom. The third kappa shape index (κ3) is 1.22. The Hall–Kier alpha value is -0.140. The minimum atomic E-state index is -2.07. The quantitative estimate of drug-likeness (QED) is 0.637. The van der Waals surface area contributed by atoms with E-state index in [9.17, 15) is 8.78 Å². The second-order valence-electron chi connectivity index (χ2n) is 5.54. The van der Waals surface area contributed by atoms with Crippen molar-refractivity contribution in [2.24, 2.45) is 29.6 Å². The normalized spacial score (nSPS) is 50.4. The van der Waals surface area contributed by atoms with E-state index in [0.29, 0.717) is 11.8 Å². The van der Waals surface area contributed by atoms with Crippen molar-refractivity contribution in [2.45, 2.75) is 45.0 Å². The lowest BCUT2D eigenvalue weighted by molar-refractivity contribution is 0.0782. The van der Waals surface area contributed by atoms with Crippen LogP contribution in [0, 0.1) is 29.6 Å². The second kappa shape index (κ2) is 3.18. The predicted octanol–water partition coefficient (Wildman–Crippen LogP) is 3.71. The van der Waals surface area contributed by atoms with E-state index in [1.54, 1.807) is 0 Å². The van der Waals surface area contributed by atoms with E-state index in [2.05, 4.69) is 0 Å². The zero-order valence-electron chi connectivity index (χ0n) is 8.46. The summed E-state index contributed by atoms with van der Waals surface area (Å²) in [5.41, 5.74) is 0. The maximum absolute atomic E-state index is 12.4. The Balaban J connectivity index is 1.71. The molecule has 3 fully saturated rings. The molecule has 3 rings (SSSR count). The molecule has 3 saturated carbocycles. The molecule has 0 aliphatic heterocycles. The maximum atomic E-state index is 12.4. The van der Waals surface area contributed by atoms with Crippen LogP contribution in [0.15, 0.2) is 0 Å². The summed E-state index contributed by atoms with van der Waals surface area (Å²) < 4.78 is 24.7. The van der Waals surface area contributed by atoms with Crippen LogP contribution in [0.3, 0.4) is 0 Å². The lowest BCUT2D eigenvalue weighted by Gasteiger charge is -2.31. The summed E-state index contributed by atoms with van der Waals surface area (Å²) in [5, 5.41) is 0. The minimum absolute atomic E-state index is 0.185. The third-order valence-electron chi connectivity index (χ3n) is 5.05. The van der Waals surface area contributed by atoms with Crippen LogP contribution in [0.2, 0.25) is 0 Å². The van der Waals surface area contributed by atoms with E-state index in [-0.39, 0.29) is 6.42 Å². The van der Waals surface area contributed by atoms with E-state index in [0.717, 1.165) is 24.2 Å². The van der Waals surface area contributed by atoms with Crippen molar-refractivity contribution in [2.75, 3.05) is 0 Å². The molecular formula is C12H18F2. The van der Waals surface area contributed by atoms with Crippen LogP contribution in [0.5, 0.6) is 0 Å². The largest absolute Gasteiger partial charge is 0.238 e. The van der Waals surface area contributed by atoms with Gasteiger partial charge in [0.2, 0.25) is 6.43 Å². The van der Waals surface area contributed by atoms with Gasteiger partial charge in [-0.25, -0.2) is 8.78 Å². The van der Waals surface area contributed by atoms with Gasteiger partial charge in [0.25, 0.3) is 0 Å². The van der Waals surface area contributed by atoms with Gasteiger partial charge in [-0.05, 0) is 55.3 Å². The number of halogens is 2. The van der Waals surface area contributed by atoms with Crippen molar-refractivity contribution in [3.63, 3.8) is 0 Å². The van der Waals surface area contributed by atoms with E-state index in [1.165, 1.54) is 25.7 Å². The van der Waals surface area contributed by atoms with Crippen LogP contribution in [0.1, 0.15) is 38.5 Å². The molecule has 14 heavy (non-hydrogen) atoms. The molecule has 3 aliphatic carbocycles. The molecule has 0 saturated heterocycles. The number of hydrogen-bond acceptors (Lipinski definition) is 0. The molecule has 80 valence electrons. The van der Waals surface area contributed by atoms with Crippen LogP contribution in [0.25, 0.3) is 0 Å². The average Bonchev–Trinajstić information content (AvgIpc) is 2.68. The van der Waals surface area contributed by atoms with E-state index < -0.39 is 6.43 Å². The van der Waals surface area contributed by atoms with Crippen molar-refractivity contribution >= 4 is 0 Å². The van der Waals surface area contributed by atoms with Gasteiger partial charge in [-0.3, -0.25) is 0 Å². The molecule has 5 atom stereocenters. The van der Waals surface area contributed by atoms with Gasteiger partial charge in [-0.2, -0.15) is 0 Å². The summed E-state index contributed by atoms with van der Waals surface area (Å²) in [5.74, 6) is 3.67. The zero-order chi connectivity index (χ0) is 9.71. The Kier molecular flexibility index (Phi) is 2.07. The van der Waals surface area contributed by atoms with Gasteiger partial charge in [-0.15, -0.1) is 0 Å². The third-order valence-corrected chi connectivity index (χ3v) is 5.05. The predicted molar refractivity (Wildman–Crippen MR) is 51.2 cm³/mol. The summed E-state index contributed by atoms with van der Waals surface area (Å²) in [7, 11) is 0. The summed E-state index contributed by atoms with van der Waals surface area (Å²) in [6.45, 7) is 0. The molecule has 0 radical (unpaired) electrons. The first-order chi connectivity index (χ1) is 6.75. The fourth-order valence-corrected chi connectivity index (χ4v) is 4.71. The van der Waals surface area contributed by atoms with Crippen LogP contribution < -0.4 is 0 Å². The van der Waals surface area contributed by atoms with Gasteiger partial charge in [0.1, 0.15) is 0 Å². The lowest BCUT2D eigenvalue weighted by Crippen LogP contribution is -2.25. The van der Waals surface area contributed by atoms with Crippen LogP contribution in [0.4, 0.5) is 8.78 Å². The Morgan fingerprint density at radius 3 is 2.57 bits per heavy atom. The van der Waals surface area contributed by atoms with Crippen LogP contribution in [-0.2, 0) is 0 Å². The van der Waals surface area contributed by atoms with E-state index >= 15 is 0 Å². The Bertz CT molecular complexity index is 226. The molecule has 3 aliphatic rings. The van der Waals surface area contributed by atoms with Crippen molar-refractivity contribution in [1.29, 1.82) is 0 Å². The molecule has 0 spiro atoms. The van der Waals surface area contributed by atoms with Gasteiger partial charge in [0.15, 0.2) is 0 Å². The van der Waals surface area contributed by atoms with E-state index in [4.69, 9.17) is 0 Å². The molecular weight excluding hydrogens is 182 g/mol. The Labute approximate surface area is 84.1 Å². The highest BCUT2D eigenvalue weighted by atomic mass is 19.3. The van der Waals surface area contributed by atoms with Gasteiger partial charge in [0.05, 0.1) is 0 Å². The fraction of sp³-hybridized carbons (Fsp3) is 1.00. The first-order valence-electron chi connectivity index (χ1n) is 6.04. The van der Waals surface area contributed by atoms with Crippen molar-refractivity contribution in [3.8, 4) is 0 Å². The SMILES string of the molecule is FC(F)CC1CC2CC1C1CCCC21. The zero-order valence-corrected chi connectivity index (χ0v) is 8.46. The first kappa shape index (κ1) is 9.11. The van der Waals surface area contributed by atoms with Crippen molar-refractivity contribution < 1.29 is 8.78 Å². The number of rotatable bonds is 2. The highest BCUT2D eigenvalue weighted by molar-refractivity contribution is 5.02. The van der Waals surface area contributed by atoms with Crippen molar-refractivity contribution in [1.82, 2.24) is 0 Å². The second-order valence-corrected chi connectivity index (χ2v) is 5.54. The molecule has 0 heterocycles. The highest BCUT2D eigenvalue weighted by Gasteiger charge is 2.53. The topological polar surface area (TPSA) is 0 Å². The summed E-state index contributed by atoms with van der Waals surface area (Å²) >= 11 is 0. The Morgan fingerprint density at radius 1 is 1.00 bits per heavy atom. The molecule has 0 nitrogen and oxygen atoms in total. The highest BCUT2D eigenvalue weighted by Crippen LogP contribution is 2.61.